The van der Waals surface area contributed by atoms with Gasteiger partial charge >= 0.3 is 29.6 Å². The molecule has 31 nitrogen and oxygen atoms in total. The van der Waals surface area contributed by atoms with Crippen LogP contribution in [0.4, 0.5) is 16.0 Å². The zero-order chi connectivity index (χ0) is 77.1. The van der Waals surface area contributed by atoms with Gasteiger partial charge in [0.05, 0.1) is 38.6 Å². The summed E-state index contributed by atoms with van der Waals surface area (Å²) in [5.74, 6) is 4.57. The topological polar surface area (TPSA) is 483 Å². The molecule has 1 aromatic carbocycles. The number of nitrogens with one attached hydrogen (secondary N) is 5. The first-order valence-electron chi connectivity index (χ1n) is 33.3. The molecular formula is C65H110N21NaO10S5. The van der Waals surface area contributed by atoms with Gasteiger partial charge in [0.1, 0.15) is 22.9 Å². The fraction of sp³-hybridized carbons (Fsp3) is 0.646. The van der Waals surface area contributed by atoms with Gasteiger partial charge in [0.15, 0.2) is 16.1 Å². The second-order valence-electron chi connectivity index (χ2n) is 27.3. The summed E-state index contributed by atoms with van der Waals surface area (Å²) in [6.07, 6.45) is 2.46. The number of carbonyl (C=O) groups is 6. The third-order valence-corrected chi connectivity index (χ3v) is 21.2. The number of aromatic nitrogens is 10. The fourth-order valence-electron chi connectivity index (χ4n) is 9.66. The van der Waals surface area contributed by atoms with Gasteiger partial charge in [-0.1, -0.05) is 123 Å². The van der Waals surface area contributed by atoms with Crippen molar-refractivity contribution in [3.8, 4) is 0 Å². The third kappa shape index (κ3) is 33.4. The summed E-state index contributed by atoms with van der Waals surface area (Å²) in [4.78, 5) is 92.4. The minimum atomic E-state index is -3.94. The Morgan fingerprint density at radius 1 is 0.676 bits per heavy atom. The maximum absolute atomic E-state index is 12.1. The first kappa shape index (κ1) is 94.0. The van der Waals surface area contributed by atoms with Gasteiger partial charge in [-0.05, 0) is 121 Å². The predicted octanol–water partition coefficient (Wildman–Crippen LogP) is 1.94. The molecule has 5 aromatic rings. The molecule has 4 aliphatic heterocycles. The van der Waals surface area contributed by atoms with Crippen LogP contribution in [-0.4, -0.2) is 155 Å². The number of amides is 5. The molecule has 6 atom stereocenters. The van der Waals surface area contributed by atoms with E-state index in [0.717, 1.165) is 55.6 Å². The van der Waals surface area contributed by atoms with Crippen LogP contribution >= 0.6 is 46.4 Å². The number of carboxylic acid groups (broad SMARTS) is 1. The maximum atomic E-state index is 12.1. The standard InChI is InChI=1S/C15H20N2O3.C10H20N2O.C8H17N3O3S.C8H13N3O.C8H12N2O2S2.C6H10N2S.C5H10N4.C5H9N3S.Na/c1-9(2)11-7-13(16-8-11)14(18)17-12-5-3-4-10(6-12)15(19)20;1-7(2)8-5-9(11-6-8)10(13)12(3)4;1-5(2)6-3-7(10-4-6)8(12)11-15(9,13)14;1-5(2)7-9-8(12)6(3)10-11(7)4;1-3(2)7-13-8(14-7)4(5(9)11)6(10)12;1-4(2)5-3-9-6(7)8-5;1-4(2)5-6-7-8-9(5)3;1-3(2)4-7-5(6)9-8-4;/h3-6,9,11,13,16H,7-8H2,1-2H3,(H,17,18)(H,19,20);7-9,11H,5-6H2,1-4H3;5-7,10H,3-4H2,1-2H3,(H,11,12)(H2,9,13,14);5H,1-4H3;3,7H,1-2H3,(H2,9,11)(H2,10,12);3-4H,1-2H3,(H2,7,8);4H,1-3H3;3H,1-2H3,(H2,6,7,8);/q;;;;;;;;+1/p-1/t11-,13?;8-,9?;6-,7-;;;;;;/m001....../s1. The van der Waals surface area contributed by atoms with E-state index in [1.54, 1.807) is 45.1 Å². The molecule has 566 valence electrons. The minimum absolute atomic E-state index is 0. The molecule has 0 bridgehead atoms. The second-order valence-corrected chi connectivity index (χ2v) is 33.1. The molecular weight excluding hydrogens is 1420 g/mol. The first-order chi connectivity index (χ1) is 46.8. The monoisotopic (exact) mass is 1530 g/mol. The van der Waals surface area contributed by atoms with E-state index < -0.39 is 39.9 Å². The molecule has 4 aliphatic rings. The number of hydrogen-bond donors (Lipinski definition) is 10. The van der Waals surface area contributed by atoms with Crippen LogP contribution in [0.25, 0.3) is 0 Å². The number of thiazole rings is 1. The van der Waals surface area contributed by atoms with Crippen LogP contribution in [0.15, 0.2) is 44.3 Å². The van der Waals surface area contributed by atoms with Crippen LogP contribution in [-0.2, 0) is 48.3 Å². The molecule has 0 radical (unpaired) electrons. The molecule has 4 fully saturated rings. The van der Waals surface area contributed by atoms with Crippen LogP contribution in [0.2, 0.25) is 0 Å². The number of carboxylic acids is 1. The number of nitrogen functional groups attached to an aromatic ring is 2. The van der Waals surface area contributed by atoms with Gasteiger partial charge in [-0.2, -0.15) is 22.9 Å². The Kier molecular flexibility index (Phi) is 41.8. The number of benzene rings is 1. The Morgan fingerprint density at radius 2 is 1.18 bits per heavy atom. The van der Waals surface area contributed by atoms with Gasteiger partial charge in [-0.25, -0.2) is 24.5 Å². The van der Waals surface area contributed by atoms with E-state index in [2.05, 4.69) is 144 Å². The van der Waals surface area contributed by atoms with Gasteiger partial charge in [-0.3, -0.25) is 33.4 Å². The predicted molar refractivity (Wildman–Crippen MR) is 401 cm³/mol. The molecule has 0 aliphatic carbocycles. The third-order valence-electron chi connectivity index (χ3n) is 15.9. The normalized spacial score (nSPS) is 18.7. The summed E-state index contributed by atoms with van der Waals surface area (Å²) in [6, 6.07) is 5.49. The molecule has 102 heavy (non-hydrogen) atoms. The number of aryl methyl sites for hydroxylation is 3. The molecule has 9 rings (SSSR count). The number of anilines is 3. The summed E-state index contributed by atoms with van der Waals surface area (Å²) in [6.45, 7) is 37.7. The number of thioether (sulfide) groups is 2. The Morgan fingerprint density at radius 3 is 1.52 bits per heavy atom. The molecule has 4 saturated heterocycles. The van der Waals surface area contributed by atoms with Crippen molar-refractivity contribution in [2.24, 2.45) is 72.1 Å². The van der Waals surface area contributed by atoms with E-state index in [4.69, 9.17) is 28.1 Å². The van der Waals surface area contributed by atoms with Crippen molar-refractivity contribution in [3.05, 3.63) is 84.2 Å². The number of carbonyl (C=O) groups excluding carboxylic acids is 6. The van der Waals surface area contributed by atoms with E-state index in [1.165, 1.54) is 58.5 Å². The molecule has 5 amide bonds. The Balaban J connectivity index is 0.000000590. The summed E-state index contributed by atoms with van der Waals surface area (Å²) in [5.41, 5.74) is 22.7. The molecule has 4 aromatic heterocycles. The van der Waals surface area contributed by atoms with Crippen LogP contribution < -0.4 is 94.3 Å². The average molecular weight is 1530 g/mol. The number of primary amides is 2. The van der Waals surface area contributed by atoms with E-state index in [0.29, 0.717) is 96.1 Å². The summed E-state index contributed by atoms with van der Waals surface area (Å²) in [5, 5.41) is 46.0. The molecule has 2 unspecified atom stereocenters. The van der Waals surface area contributed by atoms with Crippen LogP contribution in [0.5, 0.6) is 0 Å². The van der Waals surface area contributed by atoms with Crippen LogP contribution in [0, 0.1) is 48.3 Å². The first-order valence-corrected chi connectivity index (χ1v) is 38.3. The van der Waals surface area contributed by atoms with Gasteiger partial charge in [-0.15, -0.1) is 40.0 Å². The van der Waals surface area contributed by atoms with Crippen molar-refractivity contribution in [1.29, 1.82) is 0 Å². The second kappa shape index (κ2) is 45.3. The Bertz CT molecular complexity index is 3600. The van der Waals surface area contributed by atoms with Crippen molar-refractivity contribution in [3.63, 3.8) is 0 Å². The smallest absolute Gasteiger partial charge is 0.545 e. The van der Waals surface area contributed by atoms with Crippen molar-refractivity contribution < 1.29 is 71.8 Å². The molecule has 15 N–H and O–H groups in total. The average Bonchev–Trinajstić information content (AvgIpc) is 1.11. The van der Waals surface area contributed by atoms with Gasteiger partial charge < -0.3 is 59.0 Å². The minimum Gasteiger partial charge on any atom is -0.545 e. The molecule has 8 heterocycles. The summed E-state index contributed by atoms with van der Waals surface area (Å²) < 4.78 is 31.4. The number of rotatable bonds is 16. The maximum Gasteiger partial charge on any atom is 1.00 e. The molecule has 37 heteroatoms. The van der Waals surface area contributed by atoms with Crippen molar-refractivity contribution in [2.75, 3.05) is 50.5 Å². The van der Waals surface area contributed by atoms with Crippen molar-refractivity contribution in [1.82, 2.24) is 74.9 Å². The van der Waals surface area contributed by atoms with E-state index in [9.17, 15) is 47.1 Å². The number of tetrazole rings is 1. The number of nitrogens with zero attached hydrogens (tertiary/aromatic N) is 11. The van der Waals surface area contributed by atoms with E-state index >= 15 is 0 Å². The van der Waals surface area contributed by atoms with Crippen LogP contribution in [0.3, 0.4) is 0 Å². The summed E-state index contributed by atoms with van der Waals surface area (Å²) >= 11 is 5.72. The molecule has 0 spiro atoms. The number of likely N-dealkylation sites (N-methyl/N-ethyl adjacent to an activating group) is 1. The molecule has 0 saturated carbocycles. The van der Waals surface area contributed by atoms with Crippen LogP contribution in [0.1, 0.15) is 193 Å². The van der Waals surface area contributed by atoms with Crippen molar-refractivity contribution in [2.45, 2.75) is 183 Å². The Labute approximate surface area is 640 Å². The zero-order valence-electron chi connectivity index (χ0n) is 63.2. The number of aromatic carboxylic acids is 1. The zero-order valence-corrected chi connectivity index (χ0v) is 69.3. The van der Waals surface area contributed by atoms with Crippen molar-refractivity contribution >= 4 is 108 Å². The van der Waals surface area contributed by atoms with Gasteiger partial charge in [0.25, 0.3) is 33.5 Å². The largest absolute Gasteiger partial charge is 1.00 e. The number of hydrogen-bond acceptors (Lipinski definition) is 27. The van der Waals surface area contributed by atoms with Gasteiger partial charge in [0.2, 0.25) is 11.8 Å². The van der Waals surface area contributed by atoms with Gasteiger partial charge in [0, 0.05) is 68.5 Å². The number of nitrogens with two attached hydrogens (primary N) is 5. The summed E-state index contributed by atoms with van der Waals surface area (Å²) in [7, 11) is 3.33. The van der Waals surface area contributed by atoms with E-state index in [1.807, 2.05) is 54.2 Å². The quantitative estimate of drug-likeness (QED) is 0.0292. The SMILES string of the molecule is CC(C)C1SC(=C(C(N)=O)C(N)=O)S1.CC(C)[C@@H]1CNC(C(=O)N(C)C)C1.CC(C)[C@@H]1CNC(C(=O)Nc2cccc(C(=O)[O-])c2)C1.CC(C)[C@H]1CN[C@@H](C(=O)NS(N)(=O)=O)C1.CC(C)c1csc(N)n1.CC(C)c1nnnn1C.CC(C)c1nsc(N)n1.Cc1nn(C)c(C(C)C)nc1=O.[Na+]. The fourth-order valence-corrected chi connectivity index (χ4v) is 13.9. The van der Waals surface area contributed by atoms with E-state index in [-0.39, 0.29) is 76.1 Å². The Hall–Kier alpha value is -6.06.